The predicted octanol–water partition coefficient (Wildman–Crippen LogP) is 4.31. The van der Waals surface area contributed by atoms with Gasteiger partial charge in [0.2, 0.25) is 0 Å². The number of aromatic hydroxyl groups is 2. The molecular weight excluding hydrogens is 366 g/mol. The number of aryl methyl sites for hydroxylation is 2. The molecule has 3 N–H and O–H groups in total. The Hall–Kier alpha value is -3.19. The van der Waals surface area contributed by atoms with Gasteiger partial charge in [-0.05, 0) is 49.7 Å². The molecule has 0 aliphatic rings. The summed E-state index contributed by atoms with van der Waals surface area (Å²) in [6.07, 6.45) is 0. The van der Waals surface area contributed by atoms with Crippen LogP contribution in [0.4, 0.5) is 5.69 Å². The van der Waals surface area contributed by atoms with E-state index in [1.165, 1.54) is 30.3 Å². The molecule has 3 rings (SSSR count). The molecule has 27 heavy (non-hydrogen) atoms. The molecule has 0 aromatic heterocycles. The maximum absolute atomic E-state index is 12.6. The normalized spacial score (nSPS) is 11.2. The van der Waals surface area contributed by atoms with Gasteiger partial charge in [0.1, 0.15) is 11.5 Å². The highest BCUT2D eigenvalue weighted by molar-refractivity contribution is 7.92. The minimum atomic E-state index is -3.91. The van der Waals surface area contributed by atoms with Crippen molar-refractivity contribution in [1.82, 2.24) is 0 Å². The highest BCUT2D eigenvalue weighted by atomic mass is 32.2. The molecule has 0 fully saturated rings. The summed E-state index contributed by atoms with van der Waals surface area (Å²) in [5.41, 5.74) is 1.85. The van der Waals surface area contributed by atoms with Crippen LogP contribution in [0.2, 0.25) is 0 Å². The molecule has 0 saturated heterocycles. The second-order valence-electron chi connectivity index (χ2n) is 6.15. The van der Waals surface area contributed by atoms with Crippen LogP contribution >= 0.6 is 0 Å². The van der Waals surface area contributed by atoms with Crippen LogP contribution in [0.5, 0.6) is 23.0 Å². The van der Waals surface area contributed by atoms with E-state index < -0.39 is 10.0 Å². The number of nitrogens with one attached hydrogen (secondary N) is 1. The molecule has 7 heteroatoms. The molecule has 0 radical (unpaired) electrons. The monoisotopic (exact) mass is 385 g/mol. The summed E-state index contributed by atoms with van der Waals surface area (Å²) in [6, 6.07) is 15.4. The lowest BCUT2D eigenvalue weighted by atomic mass is 10.2. The first-order valence-corrected chi connectivity index (χ1v) is 9.63. The average molecular weight is 385 g/mol. The Balaban J connectivity index is 1.92. The predicted molar refractivity (Wildman–Crippen MR) is 103 cm³/mol. The van der Waals surface area contributed by atoms with Crippen molar-refractivity contribution in [2.75, 3.05) is 4.72 Å². The molecule has 0 unspecified atom stereocenters. The molecule has 0 spiro atoms. The summed E-state index contributed by atoms with van der Waals surface area (Å²) in [5, 5.41) is 19.7. The number of ether oxygens (including phenoxy) is 1. The summed E-state index contributed by atoms with van der Waals surface area (Å²) >= 11 is 0. The molecule has 0 atom stereocenters. The van der Waals surface area contributed by atoms with E-state index in [4.69, 9.17) is 4.74 Å². The zero-order chi connectivity index (χ0) is 19.6. The van der Waals surface area contributed by atoms with Crippen molar-refractivity contribution in [3.63, 3.8) is 0 Å². The van der Waals surface area contributed by atoms with Gasteiger partial charge in [-0.1, -0.05) is 23.8 Å². The van der Waals surface area contributed by atoms with Crippen LogP contribution in [0.25, 0.3) is 0 Å². The second kappa shape index (κ2) is 7.20. The Kier molecular flexibility index (Phi) is 4.96. The molecule has 0 bridgehead atoms. The van der Waals surface area contributed by atoms with E-state index in [0.29, 0.717) is 11.3 Å². The Bertz CT molecular complexity index is 1080. The fourth-order valence-corrected chi connectivity index (χ4v) is 3.61. The molecule has 0 saturated carbocycles. The summed E-state index contributed by atoms with van der Waals surface area (Å²) in [6.45, 7) is 3.61. The SMILES string of the molecule is Cc1ccc(Oc2cc(NS(=O)(=O)c3cccc(O)c3)c(C)cc2O)cc1. The number of phenols is 2. The number of hydrogen-bond acceptors (Lipinski definition) is 5. The summed E-state index contributed by atoms with van der Waals surface area (Å²) in [7, 11) is -3.91. The number of hydrogen-bond donors (Lipinski definition) is 3. The number of rotatable bonds is 5. The molecule has 3 aromatic carbocycles. The Morgan fingerprint density at radius 2 is 1.63 bits per heavy atom. The van der Waals surface area contributed by atoms with Gasteiger partial charge in [-0.2, -0.15) is 0 Å². The standard InChI is InChI=1S/C20H19NO5S/c1-13-6-8-16(9-7-13)26-20-12-18(14(2)10-19(20)23)21-27(24,25)17-5-3-4-15(22)11-17/h3-12,21-23H,1-2H3. The number of sulfonamides is 1. The zero-order valence-corrected chi connectivity index (χ0v) is 15.6. The van der Waals surface area contributed by atoms with Gasteiger partial charge in [0.05, 0.1) is 10.6 Å². The van der Waals surface area contributed by atoms with Crippen LogP contribution in [-0.2, 0) is 10.0 Å². The van der Waals surface area contributed by atoms with E-state index in [1.807, 2.05) is 19.1 Å². The topological polar surface area (TPSA) is 95.9 Å². The molecule has 6 nitrogen and oxygen atoms in total. The van der Waals surface area contributed by atoms with Gasteiger partial charge in [-0.25, -0.2) is 8.42 Å². The zero-order valence-electron chi connectivity index (χ0n) is 14.8. The molecular formula is C20H19NO5S. The Morgan fingerprint density at radius 1 is 0.926 bits per heavy atom. The molecule has 3 aromatic rings. The van der Waals surface area contributed by atoms with E-state index in [2.05, 4.69) is 4.72 Å². The van der Waals surface area contributed by atoms with Gasteiger partial charge in [-0.3, -0.25) is 4.72 Å². The maximum Gasteiger partial charge on any atom is 0.262 e. The van der Waals surface area contributed by atoms with E-state index in [9.17, 15) is 18.6 Å². The largest absolute Gasteiger partial charge is 0.508 e. The molecule has 0 heterocycles. The highest BCUT2D eigenvalue weighted by Gasteiger charge is 2.18. The average Bonchev–Trinajstić information content (AvgIpc) is 2.61. The van der Waals surface area contributed by atoms with Gasteiger partial charge >= 0.3 is 0 Å². The van der Waals surface area contributed by atoms with E-state index in [0.717, 1.165) is 11.6 Å². The highest BCUT2D eigenvalue weighted by Crippen LogP contribution is 2.36. The van der Waals surface area contributed by atoms with Crippen molar-refractivity contribution in [3.8, 4) is 23.0 Å². The summed E-state index contributed by atoms with van der Waals surface area (Å²) in [4.78, 5) is -0.0732. The van der Waals surface area contributed by atoms with Crippen LogP contribution in [-0.4, -0.2) is 18.6 Å². The smallest absolute Gasteiger partial charge is 0.262 e. The minimum absolute atomic E-state index is 0.0732. The third-order valence-electron chi connectivity index (χ3n) is 3.93. The Morgan fingerprint density at radius 3 is 2.30 bits per heavy atom. The third kappa shape index (κ3) is 4.32. The maximum atomic E-state index is 12.6. The van der Waals surface area contributed by atoms with Crippen molar-refractivity contribution in [1.29, 1.82) is 0 Å². The first-order chi connectivity index (χ1) is 12.7. The second-order valence-corrected chi connectivity index (χ2v) is 7.84. The van der Waals surface area contributed by atoms with Crippen molar-refractivity contribution in [3.05, 3.63) is 71.8 Å². The lowest BCUT2D eigenvalue weighted by Crippen LogP contribution is -2.13. The first-order valence-electron chi connectivity index (χ1n) is 8.14. The lowest BCUT2D eigenvalue weighted by Gasteiger charge is -2.14. The first kappa shape index (κ1) is 18.6. The summed E-state index contributed by atoms with van der Waals surface area (Å²) < 4.78 is 33.3. The van der Waals surface area contributed by atoms with Crippen molar-refractivity contribution < 1.29 is 23.4 Å². The van der Waals surface area contributed by atoms with Gasteiger partial charge in [0.15, 0.2) is 11.5 Å². The number of phenolic OH excluding ortho intramolecular Hbond substituents is 2. The number of anilines is 1. The summed E-state index contributed by atoms with van der Waals surface area (Å²) in [5.74, 6) is 0.386. The van der Waals surface area contributed by atoms with E-state index in [-0.39, 0.29) is 27.8 Å². The van der Waals surface area contributed by atoms with Crippen molar-refractivity contribution in [2.24, 2.45) is 0 Å². The van der Waals surface area contributed by atoms with Crippen LogP contribution < -0.4 is 9.46 Å². The Labute approximate surface area is 157 Å². The van der Waals surface area contributed by atoms with Gasteiger partial charge in [0.25, 0.3) is 10.0 Å². The fraction of sp³-hybridized carbons (Fsp3) is 0.100. The van der Waals surface area contributed by atoms with Crippen LogP contribution in [0.3, 0.4) is 0 Å². The fourth-order valence-electron chi connectivity index (χ4n) is 2.45. The molecule has 140 valence electrons. The van der Waals surface area contributed by atoms with Crippen LogP contribution in [0, 0.1) is 13.8 Å². The molecule has 0 aliphatic heterocycles. The van der Waals surface area contributed by atoms with Crippen LogP contribution in [0.15, 0.2) is 65.6 Å². The molecule has 0 amide bonds. The van der Waals surface area contributed by atoms with Crippen molar-refractivity contribution in [2.45, 2.75) is 18.7 Å². The number of benzene rings is 3. The quantitative estimate of drug-likeness (QED) is 0.569. The molecule has 0 aliphatic carbocycles. The van der Waals surface area contributed by atoms with Crippen LogP contribution in [0.1, 0.15) is 11.1 Å². The van der Waals surface area contributed by atoms with Gasteiger partial charge in [-0.15, -0.1) is 0 Å². The lowest BCUT2D eigenvalue weighted by molar-refractivity contribution is 0.411. The third-order valence-corrected chi connectivity index (χ3v) is 5.29. The van der Waals surface area contributed by atoms with Crippen molar-refractivity contribution >= 4 is 15.7 Å². The minimum Gasteiger partial charge on any atom is -0.508 e. The van der Waals surface area contributed by atoms with Gasteiger partial charge in [0, 0.05) is 12.1 Å². The van der Waals surface area contributed by atoms with Gasteiger partial charge < -0.3 is 14.9 Å². The van der Waals surface area contributed by atoms with E-state index >= 15 is 0 Å². The van der Waals surface area contributed by atoms with E-state index in [1.54, 1.807) is 19.1 Å².